The molecule has 26 heavy (non-hydrogen) atoms. The van der Waals surface area contributed by atoms with E-state index in [0.29, 0.717) is 0 Å². The average Bonchev–Trinajstić information content (AvgIpc) is 2.54. The zero-order chi connectivity index (χ0) is 19.5. The van der Waals surface area contributed by atoms with Crippen molar-refractivity contribution in [2.75, 3.05) is 17.1 Å². The fourth-order valence-corrected chi connectivity index (χ4v) is 3.41. The number of halogens is 1. The summed E-state index contributed by atoms with van der Waals surface area (Å²) in [5.74, 6) is -1.04. The van der Waals surface area contributed by atoms with Crippen LogP contribution in [0, 0.1) is 19.7 Å². The van der Waals surface area contributed by atoms with Crippen LogP contribution in [-0.2, 0) is 14.8 Å². The van der Waals surface area contributed by atoms with Crippen LogP contribution in [0.5, 0.6) is 0 Å². The summed E-state index contributed by atoms with van der Waals surface area (Å²) in [5, 5.41) is 2.79. The number of hydrogen-bond donors (Lipinski definition) is 1. The predicted octanol–water partition coefficient (Wildman–Crippen LogP) is 3.09. The first kappa shape index (κ1) is 19.9. The van der Waals surface area contributed by atoms with Crippen LogP contribution >= 0.6 is 0 Å². The van der Waals surface area contributed by atoms with Crippen LogP contribution in [0.25, 0.3) is 0 Å². The minimum atomic E-state index is -3.74. The van der Waals surface area contributed by atoms with Gasteiger partial charge in [0.05, 0.1) is 18.0 Å². The molecule has 0 bridgehead atoms. The van der Waals surface area contributed by atoms with Gasteiger partial charge in [0.2, 0.25) is 15.9 Å². The third kappa shape index (κ3) is 5.05. The number of benzene rings is 2. The summed E-state index contributed by atoms with van der Waals surface area (Å²) < 4.78 is 38.4. The number of amides is 1. The highest BCUT2D eigenvalue weighted by Gasteiger charge is 2.22. The third-order valence-electron chi connectivity index (χ3n) is 4.19. The van der Waals surface area contributed by atoms with Crippen LogP contribution in [0.3, 0.4) is 0 Å². The fraction of sp³-hybridized carbons (Fsp3) is 0.316. The number of rotatable bonds is 6. The van der Waals surface area contributed by atoms with E-state index >= 15 is 0 Å². The molecule has 0 fully saturated rings. The van der Waals surface area contributed by atoms with Crippen molar-refractivity contribution in [1.82, 2.24) is 5.32 Å². The molecule has 2 aromatic rings. The fourth-order valence-electron chi connectivity index (χ4n) is 2.57. The number of aryl methyl sites for hydroxylation is 2. The number of nitrogens with zero attached hydrogens (tertiary/aromatic N) is 1. The van der Waals surface area contributed by atoms with E-state index in [9.17, 15) is 17.6 Å². The Bertz CT molecular complexity index is 913. The van der Waals surface area contributed by atoms with Gasteiger partial charge >= 0.3 is 0 Å². The minimum Gasteiger partial charge on any atom is -0.348 e. The van der Waals surface area contributed by atoms with Crippen molar-refractivity contribution < 1.29 is 17.6 Å². The van der Waals surface area contributed by atoms with Gasteiger partial charge in [-0.2, -0.15) is 0 Å². The molecule has 2 aromatic carbocycles. The van der Waals surface area contributed by atoms with Gasteiger partial charge in [-0.15, -0.1) is 0 Å². The highest BCUT2D eigenvalue weighted by atomic mass is 32.2. The molecule has 0 radical (unpaired) electrons. The first-order valence-corrected chi connectivity index (χ1v) is 10.0. The van der Waals surface area contributed by atoms with Crippen molar-refractivity contribution in [3.05, 3.63) is 65.0 Å². The summed E-state index contributed by atoms with van der Waals surface area (Å²) in [7, 11) is -3.74. The Balaban J connectivity index is 2.15. The van der Waals surface area contributed by atoms with Crippen LogP contribution in [0.1, 0.15) is 29.7 Å². The average molecular weight is 378 g/mol. The quantitative estimate of drug-likeness (QED) is 0.840. The highest BCUT2D eigenvalue weighted by molar-refractivity contribution is 7.92. The van der Waals surface area contributed by atoms with Gasteiger partial charge in [0.1, 0.15) is 12.4 Å². The molecule has 1 unspecified atom stereocenters. The summed E-state index contributed by atoms with van der Waals surface area (Å²) >= 11 is 0. The van der Waals surface area contributed by atoms with E-state index in [0.717, 1.165) is 33.3 Å². The Morgan fingerprint density at radius 3 is 2.42 bits per heavy atom. The van der Waals surface area contributed by atoms with Gasteiger partial charge in [0.25, 0.3) is 0 Å². The smallest absolute Gasteiger partial charge is 0.241 e. The molecule has 0 heterocycles. The summed E-state index contributed by atoms with van der Waals surface area (Å²) in [6.45, 7) is 5.40. The molecule has 140 valence electrons. The Morgan fingerprint density at radius 2 is 1.85 bits per heavy atom. The largest absolute Gasteiger partial charge is 0.348 e. The maximum atomic E-state index is 13.4. The summed E-state index contributed by atoms with van der Waals surface area (Å²) in [6.07, 6.45) is 0.984. The Hall–Kier alpha value is -2.41. The molecule has 0 spiro atoms. The van der Waals surface area contributed by atoms with E-state index in [-0.39, 0.29) is 11.7 Å². The second-order valence-electron chi connectivity index (χ2n) is 6.38. The van der Waals surface area contributed by atoms with Crippen molar-refractivity contribution >= 4 is 21.6 Å². The molecule has 0 aliphatic carbocycles. The normalized spacial score (nSPS) is 12.5. The summed E-state index contributed by atoms with van der Waals surface area (Å²) in [6, 6.07) is 10.8. The molecule has 1 atom stereocenters. The molecule has 5 nitrogen and oxygen atoms in total. The molecule has 1 N–H and O–H groups in total. The molecule has 0 saturated heterocycles. The second kappa shape index (κ2) is 7.86. The molecule has 0 saturated carbocycles. The van der Waals surface area contributed by atoms with E-state index in [2.05, 4.69) is 5.32 Å². The molecular formula is C19H23FN2O3S. The van der Waals surface area contributed by atoms with Crippen molar-refractivity contribution in [3.63, 3.8) is 0 Å². The lowest BCUT2D eigenvalue weighted by molar-refractivity contribution is -0.120. The van der Waals surface area contributed by atoms with Gasteiger partial charge in [-0.05, 0) is 55.7 Å². The molecule has 1 amide bonds. The van der Waals surface area contributed by atoms with Crippen LogP contribution in [0.2, 0.25) is 0 Å². The summed E-state index contributed by atoms with van der Waals surface area (Å²) in [5.41, 5.74) is 3.31. The van der Waals surface area contributed by atoms with Crippen molar-refractivity contribution in [2.24, 2.45) is 0 Å². The molecule has 0 aromatic heterocycles. The first-order valence-electron chi connectivity index (χ1n) is 8.17. The molecule has 0 aliphatic heterocycles. The van der Waals surface area contributed by atoms with E-state index in [1.165, 1.54) is 18.2 Å². The summed E-state index contributed by atoms with van der Waals surface area (Å²) in [4.78, 5) is 12.4. The number of carbonyl (C=O) groups excluding carboxylic acids is 1. The number of anilines is 1. The van der Waals surface area contributed by atoms with Crippen LogP contribution in [0.4, 0.5) is 10.1 Å². The van der Waals surface area contributed by atoms with Crippen molar-refractivity contribution in [1.29, 1.82) is 0 Å². The molecule has 0 aliphatic rings. The topological polar surface area (TPSA) is 66.5 Å². The van der Waals surface area contributed by atoms with Crippen LogP contribution in [0.15, 0.2) is 42.5 Å². The zero-order valence-electron chi connectivity index (χ0n) is 15.3. The Morgan fingerprint density at radius 1 is 1.15 bits per heavy atom. The van der Waals surface area contributed by atoms with Crippen LogP contribution < -0.4 is 9.62 Å². The third-order valence-corrected chi connectivity index (χ3v) is 5.33. The van der Waals surface area contributed by atoms with Gasteiger partial charge in [0, 0.05) is 0 Å². The van der Waals surface area contributed by atoms with Crippen LogP contribution in [-0.4, -0.2) is 27.1 Å². The van der Waals surface area contributed by atoms with E-state index in [1.807, 2.05) is 39.0 Å². The lowest BCUT2D eigenvalue weighted by atomic mass is 10.0. The first-order chi connectivity index (χ1) is 12.1. The van der Waals surface area contributed by atoms with Gasteiger partial charge in [0.15, 0.2) is 0 Å². The minimum absolute atomic E-state index is 0.112. The highest BCUT2D eigenvalue weighted by Crippen LogP contribution is 2.20. The monoisotopic (exact) mass is 378 g/mol. The number of hydrogen-bond acceptors (Lipinski definition) is 3. The zero-order valence-corrected chi connectivity index (χ0v) is 16.1. The van der Waals surface area contributed by atoms with E-state index in [1.54, 1.807) is 0 Å². The Kier molecular flexibility index (Phi) is 6.02. The standard InChI is InChI=1S/C19H23FN2O3S/c1-13-8-9-16(10-14(13)2)15(3)21-19(23)12-22(26(4,24)25)18-7-5-6-17(20)11-18/h5-11,15H,12H2,1-4H3,(H,21,23). The lowest BCUT2D eigenvalue weighted by Crippen LogP contribution is -2.41. The SMILES string of the molecule is Cc1ccc(C(C)NC(=O)CN(c2cccc(F)c2)S(C)(=O)=O)cc1C. The number of nitrogens with one attached hydrogen (secondary N) is 1. The van der Waals surface area contributed by atoms with E-state index < -0.39 is 28.3 Å². The number of sulfonamides is 1. The lowest BCUT2D eigenvalue weighted by Gasteiger charge is -2.23. The predicted molar refractivity (Wildman–Crippen MR) is 101 cm³/mol. The van der Waals surface area contributed by atoms with Crippen molar-refractivity contribution in [2.45, 2.75) is 26.8 Å². The van der Waals surface area contributed by atoms with Gasteiger partial charge in [-0.1, -0.05) is 24.3 Å². The maximum Gasteiger partial charge on any atom is 0.241 e. The molecule has 2 rings (SSSR count). The van der Waals surface area contributed by atoms with Gasteiger partial charge in [-0.25, -0.2) is 12.8 Å². The second-order valence-corrected chi connectivity index (χ2v) is 8.29. The Labute approximate surface area is 153 Å². The maximum absolute atomic E-state index is 13.4. The molecule has 7 heteroatoms. The van der Waals surface area contributed by atoms with E-state index in [4.69, 9.17) is 0 Å². The number of carbonyl (C=O) groups is 1. The van der Waals surface area contributed by atoms with Gasteiger partial charge in [-0.3, -0.25) is 9.10 Å². The van der Waals surface area contributed by atoms with Gasteiger partial charge < -0.3 is 5.32 Å². The molecular weight excluding hydrogens is 355 g/mol. The van der Waals surface area contributed by atoms with Crippen molar-refractivity contribution in [3.8, 4) is 0 Å².